The van der Waals surface area contributed by atoms with Crippen molar-refractivity contribution in [2.24, 2.45) is 0 Å². The lowest BCUT2D eigenvalue weighted by Gasteiger charge is -2.25. The van der Waals surface area contributed by atoms with Crippen LogP contribution in [0, 0.1) is 0 Å². The average molecular weight is 254 g/mol. The normalized spacial score (nSPS) is 18.0. The number of anilines is 1. The van der Waals surface area contributed by atoms with Crippen molar-refractivity contribution in [2.45, 2.75) is 32.0 Å². The molecule has 2 aromatic rings. The van der Waals surface area contributed by atoms with Gasteiger partial charge >= 0.3 is 0 Å². The third kappa shape index (κ3) is 2.76. The third-order valence-corrected chi connectivity index (χ3v) is 3.58. The first-order valence-electron chi connectivity index (χ1n) is 6.74. The third-order valence-electron chi connectivity index (χ3n) is 3.58. The van der Waals surface area contributed by atoms with Crippen LogP contribution in [-0.4, -0.2) is 4.98 Å². The van der Waals surface area contributed by atoms with Crippen LogP contribution < -0.4 is 5.73 Å². The van der Waals surface area contributed by atoms with E-state index in [0.717, 1.165) is 18.5 Å². The standard InChI is InChI=1S/C16H18N2O/c17-16-10-4-7-13(18-16)11-19-15-9-3-6-12-5-1-2-8-14(12)15/h1-2,4-5,7-8,10,15H,3,6,9,11H2,(H2,17,18). The molecule has 0 saturated heterocycles. The van der Waals surface area contributed by atoms with Gasteiger partial charge in [-0.05, 0) is 42.5 Å². The summed E-state index contributed by atoms with van der Waals surface area (Å²) in [6, 6.07) is 14.2. The summed E-state index contributed by atoms with van der Waals surface area (Å²) in [7, 11) is 0. The van der Waals surface area contributed by atoms with Crippen LogP contribution in [0.1, 0.15) is 35.8 Å². The molecule has 1 aromatic heterocycles. The van der Waals surface area contributed by atoms with E-state index in [-0.39, 0.29) is 6.10 Å². The summed E-state index contributed by atoms with van der Waals surface area (Å²) in [5.41, 5.74) is 9.32. The molecule has 0 spiro atoms. The van der Waals surface area contributed by atoms with Crippen molar-refractivity contribution >= 4 is 5.82 Å². The van der Waals surface area contributed by atoms with Crippen molar-refractivity contribution in [3.63, 3.8) is 0 Å². The second-order valence-electron chi connectivity index (χ2n) is 4.94. The molecule has 1 aromatic carbocycles. The molecule has 19 heavy (non-hydrogen) atoms. The van der Waals surface area contributed by atoms with Crippen molar-refractivity contribution < 1.29 is 4.74 Å². The van der Waals surface area contributed by atoms with Gasteiger partial charge in [-0.15, -0.1) is 0 Å². The minimum absolute atomic E-state index is 0.188. The number of ether oxygens (including phenoxy) is 1. The first-order valence-corrected chi connectivity index (χ1v) is 6.74. The van der Waals surface area contributed by atoms with Crippen molar-refractivity contribution in [3.8, 4) is 0 Å². The van der Waals surface area contributed by atoms with E-state index in [1.807, 2.05) is 12.1 Å². The second kappa shape index (κ2) is 5.41. The van der Waals surface area contributed by atoms with E-state index in [1.54, 1.807) is 6.07 Å². The Labute approximate surface area is 113 Å². The van der Waals surface area contributed by atoms with Gasteiger partial charge in [0.2, 0.25) is 0 Å². The van der Waals surface area contributed by atoms with Gasteiger partial charge in [0.05, 0.1) is 18.4 Å². The number of benzene rings is 1. The van der Waals surface area contributed by atoms with E-state index in [9.17, 15) is 0 Å². The summed E-state index contributed by atoms with van der Waals surface area (Å²) in [6.07, 6.45) is 3.62. The predicted octanol–water partition coefficient (Wildman–Crippen LogP) is 3.26. The fourth-order valence-corrected chi connectivity index (χ4v) is 2.65. The van der Waals surface area contributed by atoms with Gasteiger partial charge in [-0.3, -0.25) is 0 Å². The molecule has 0 bridgehead atoms. The van der Waals surface area contributed by atoms with Crippen LogP contribution in [0.2, 0.25) is 0 Å². The van der Waals surface area contributed by atoms with Crippen LogP contribution in [0.4, 0.5) is 5.82 Å². The number of rotatable bonds is 3. The molecule has 2 N–H and O–H groups in total. The van der Waals surface area contributed by atoms with Crippen molar-refractivity contribution in [2.75, 3.05) is 5.73 Å². The Balaban J connectivity index is 1.71. The first-order chi connectivity index (χ1) is 9.33. The van der Waals surface area contributed by atoms with Crippen LogP contribution in [0.25, 0.3) is 0 Å². The monoisotopic (exact) mass is 254 g/mol. The highest BCUT2D eigenvalue weighted by molar-refractivity contribution is 5.31. The quantitative estimate of drug-likeness (QED) is 0.914. The van der Waals surface area contributed by atoms with Gasteiger partial charge in [0.25, 0.3) is 0 Å². The SMILES string of the molecule is Nc1cccc(COC2CCCc3ccccc32)n1. The Morgan fingerprint density at radius 2 is 2.05 bits per heavy atom. The second-order valence-corrected chi connectivity index (χ2v) is 4.94. The number of fused-ring (bicyclic) bond motifs is 1. The maximum atomic E-state index is 6.03. The highest BCUT2D eigenvalue weighted by Gasteiger charge is 2.20. The Morgan fingerprint density at radius 1 is 1.16 bits per heavy atom. The zero-order valence-electron chi connectivity index (χ0n) is 10.9. The molecular weight excluding hydrogens is 236 g/mol. The summed E-state index contributed by atoms with van der Waals surface area (Å²) in [5, 5.41) is 0. The lowest BCUT2D eigenvalue weighted by molar-refractivity contribution is 0.0265. The summed E-state index contributed by atoms with van der Waals surface area (Å²) in [4.78, 5) is 4.27. The molecule has 3 nitrogen and oxygen atoms in total. The Morgan fingerprint density at radius 3 is 2.95 bits per heavy atom. The van der Waals surface area contributed by atoms with E-state index < -0.39 is 0 Å². The smallest absolute Gasteiger partial charge is 0.123 e. The van der Waals surface area contributed by atoms with Crippen molar-refractivity contribution in [3.05, 3.63) is 59.3 Å². The number of pyridine rings is 1. The predicted molar refractivity (Wildman–Crippen MR) is 75.6 cm³/mol. The molecule has 1 unspecified atom stereocenters. The molecule has 1 atom stereocenters. The highest BCUT2D eigenvalue weighted by atomic mass is 16.5. The molecule has 0 radical (unpaired) electrons. The minimum Gasteiger partial charge on any atom is -0.384 e. The Bertz CT molecular complexity index is 568. The summed E-state index contributed by atoms with van der Waals surface area (Å²) in [5.74, 6) is 0.546. The number of hydrogen-bond donors (Lipinski definition) is 1. The van der Waals surface area contributed by atoms with Gasteiger partial charge in [-0.25, -0.2) is 4.98 Å². The molecule has 1 aliphatic rings. The van der Waals surface area contributed by atoms with Crippen LogP contribution in [0.3, 0.4) is 0 Å². The van der Waals surface area contributed by atoms with Crippen LogP contribution >= 0.6 is 0 Å². The summed E-state index contributed by atoms with van der Waals surface area (Å²) >= 11 is 0. The van der Waals surface area contributed by atoms with Crippen LogP contribution in [-0.2, 0) is 17.8 Å². The molecule has 0 saturated carbocycles. The molecule has 0 fully saturated rings. The zero-order chi connectivity index (χ0) is 13.1. The van der Waals surface area contributed by atoms with E-state index in [2.05, 4.69) is 29.2 Å². The van der Waals surface area contributed by atoms with Gasteiger partial charge in [0, 0.05) is 0 Å². The number of nitrogen functional groups attached to an aromatic ring is 1. The minimum atomic E-state index is 0.188. The maximum Gasteiger partial charge on any atom is 0.123 e. The molecule has 3 heteroatoms. The largest absolute Gasteiger partial charge is 0.384 e. The molecule has 1 aliphatic carbocycles. The number of nitrogens with zero attached hydrogens (tertiary/aromatic N) is 1. The van der Waals surface area contributed by atoms with E-state index in [4.69, 9.17) is 10.5 Å². The van der Waals surface area contributed by atoms with Gasteiger partial charge in [-0.2, -0.15) is 0 Å². The highest BCUT2D eigenvalue weighted by Crippen LogP contribution is 2.32. The molecule has 1 heterocycles. The van der Waals surface area contributed by atoms with Crippen LogP contribution in [0.15, 0.2) is 42.5 Å². The van der Waals surface area contributed by atoms with Gasteiger partial charge in [0.15, 0.2) is 0 Å². The first kappa shape index (κ1) is 12.2. The summed E-state index contributed by atoms with van der Waals surface area (Å²) in [6.45, 7) is 0.518. The Kier molecular flexibility index (Phi) is 3.47. The van der Waals surface area contributed by atoms with E-state index in [1.165, 1.54) is 17.5 Å². The number of aromatic nitrogens is 1. The van der Waals surface area contributed by atoms with Gasteiger partial charge in [0.1, 0.15) is 5.82 Å². The van der Waals surface area contributed by atoms with Gasteiger partial charge < -0.3 is 10.5 Å². The Hall–Kier alpha value is -1.87. The number of hydrogen-bond acceptors (Lipinski definition) is 3. The summed E-state index contributed by atoms with van der Waals surface area (Å²) < 4.78 is 6.03. The molecule has 0 amide bonds. The average Bonchev–Trinajstić information content (AvgIpc) is 2.45. The fraction of sp³-hybridized carbons (Fsp3) is 0.312. The molecule has 0 aliphatic heterocycles. The fourth-order valence-electron chi connectivity index (χ4n) is 2.65. The zero-order valence-corrected chi connectivity index (χ0v) is 10.9. The molecule has 98 valence electrons. The maximum absolute atomic E-state index is 6.03. The van der Waals surface area contributed by atoms with Crippen molar-refractivity contribution in [1.29, 1.82) is 0 Å². The lowest BCUT2D eigenvalue weighted by Crippen LogP contribution is -2.13. The lowest BCUT2D eigenvalue weighted by atomic mass is 9.89. The van der Waals surface area contributed by atoms with Crippen molar-refractivity contribution in [1.82, 2.24) is 4.98 Å². The molecular formula is C16H18N2O. The van der Waals surface area contributed by atoms with Crippen LogP contribution in [0.5, 0.6) is 0 Å². The molecule has 3 rings (SSSR count). The van der Waals surface area contributed by atoms with E-state index in [0.29, 0.717) is 12.4 Å². The van der Waals surface area contributed by atoms with E-state index >= 15 is 0 Å². The topological polar surface area (TPSA) is 48.1 Å². The van der Waals surface area contributed by atoms with Gasteiger partial charge in [-0.1, -0.05) is 30.3 Å². The number of aryl methyl sites for hydroxylation is 1. The number of nitrogens with two attached hydrogens (primary N) is 1.